The summed E-state index contributed by atoms with van der Waals surface area (Å²) in [7, 11) is 0. The van der Waals surface area contributed by atoms with Crippen LogP contribution in [0, 0.1) is 0 Å². The Hall–Kier alpha value is -3.07. The zero-order valence-electron chi connectivity index (χ0n) is 16.5. The summed E-state index contributed by atoms with van der Waals surface area (Å²) >= 11 is 8.83. The van der Waals surface area contributed by atoms with E-state index in [0.29, 0.717) is 15.5 Å². The van der Waals surface area contributed by atoms with E-state index >= 15 is 0 Å². The molecule has 0 spiro atoms. The minimum Gasteiger partial charge on any atom is -0.478 e. The van der Waals surface area contributed by atoms with Gasteiger partial charge in [-0.25, -0.2) is 9.80 Å². The number of carbonyl (C=O) groups is 3. The van der Waals surface area contributed by atoms with E-state index in [1.165, 1.54) is 22.4 Å². The van der Waals surface area contributed by atoms with E-state index < -0.39 is 23.2 Å². The number of carboxylic acid groups (broad SMARTS) is 1. The molecule has 9 heteroatoms. The number of thiophene rings is 1. The zero-order valence-corrected chi connectivity index (χ0v) is 18.9. The van der Waals surface area contributed by atoms with Crippen LogP contribution in [0.15, 0.2) is 76.3 Å². The maximum Gasteiger partial charge on any atom is 0.328 e. The molecule has 1 aliphatic rings. The van der Waals surface area contributed by atoms with Crippen molar-refractivity contribution in [3.05, 3.63) is 93.1 Å². The Kier molecular flexibility index (Phi) is 6.64. The van der Waals surface area contributed by atoms with Gasteiger partial charge in [-0.15, -0.1) is 11.8 Å². The molecule has 1 aliphatic heterocycles. The van der Waals surface area contributed by atoms with Crippen LogP contribution >= 0.6 is 34.7 Å². The molecule has 1 saturated heterocycles. The lowest BCUT2D eigenvalue weighted by Gasteiger charge is -2.27. The number of nitrogens with one attached hydrogen (secondary N) is 1. The Labute approximate surface area is 197 Å². The number of aliphatic carboxylic acids is 1. The lowest BCUT2D eigenvalue weighted by atomic mass is 9.99. The molecule has 0 radical (unpaired) electrons. The van der Waals surface area contributed by atoms with Gasteiger partial charge in [0.05, 0.1) is 5.02 Å². The standard InChI is InChI=1S/C23H17ClN2O4S2/c24-17-3-1-2-4-18(17)32-21-22(29)25-26(23(21)30)20(16-11-12-31-13-16)15-8-5-14(6-9-15)7-10-19(27)28/h1-13,20-21H,(H,25,29)(H,27,28)/b10-7+. The molecule has 6 nitrogen and oxygen atoms in total. The fourth-order valence-electron chi connectivity index (χ4n) is 3.31. The van der Waals surface area contributed by atoms with E-state index in [-0.39, 0.29) is 5.91 Å². The summed E-state index contributed by atoms with van der Waals surface area (Å²) in [5.41, 5.74) is 5.09. The first-order valence-corrected chi connectivity index (χ1v) is 11.7. The molecule has 162 valence electrons. The topological polar surface area (TPSA) is 86.7 Å². The normalized spacial score (nSPS) is 17.0. The maximum absolute atomic E-state index is 13.3. The van der Waals surface area contributed by atoms with Crippen molar-refractivity contribution in [2.45, 2.75) is 16.2 Å². The van der Waals surface area contributed by atoms with Gasteiger partial charge in [0.25, 0.3) is 11.8 Å². The molecular weight excluding hydrogens is 468 g/mol. The minimum atomic E-state index is -1.03. The Morgan fingerprint density at radius 3 is 2.53 bits per heavy atom. The van der Waals surface area contributed by atoms with Crippen LogP contribution in [0.1, 0.15) is 22.7 Å². The van der Waals surface area contributed by atoms with Crippen molar-refractivity contribution in [1.82, 2.24) is 10.4 Å². The highest BCUT2D eigenvalue weighted by Crippen LogP contribution is 2.37. The second kappa shape index (κ2) is 9.60. The lowest BCUT2D eigenvalue weighted by Crippen LogP contribution is -2.39. The number of halogens is 1. The number of thioether (sulfide) groups is 1. The predicted octanol–water partition coefficient (Wildman–Crippen LogP) is 4.62. The molecule has 0 saturated carbocycles. The van der Waals surface area contributed by atoms with Crippen molar-refractivity contribution in [3.63, 3.8) is 0 Å². The van der Waals surface area contributed by atoms with Crippen molar-refractivity contribution in [3.8, 4) is 0 Å². The van der Waals surface area contributed by atoms with Gasteiger partial charge < -0.3 is 5.11 Å². The molecule has 2 N–H and O–H groups in total. The van der Waals surface area contributed by atoms with Crippen molar-refractivity contribution >= 4 is 58.6 Å². The molecule has 2 heterocycles. The van der Waals surface area contributed by atoms with Crippen LogP contribution in [-0.4, -0.2) is 33.1 Å². The Morgan fingerprint density at radius 1 is 1.12 bits per heavy atom. The Balaban J connectivity index is 1.63. The van der Waals surface area contributed by atoms with Gasteiger partial charge in [0, 0.05) is 11.0 Å². The van der Waals surface area contributed by atoms with Gasteiger partial charge in [0.2, 0.25) is 0 Å². The van der Waals surface area contributed by atoms with Crippen molar-refractivity contribution < 1.29 is 19.5 Å². The fraction of sp³-hybridized carbons (Fsp3) is 0.0870. The van der Waals surface area contributed by atoms with Crippen molar-refractivity contribution in [1.29, 1.82) is 0 Å². The van der Waals surface area contributed by atoms with Crippen LogP contribution in [0.2, 0.25) is 5.02 Å². The maximum atomic E-state index is 13.3. The van der Waals surface area contributed by atoms with Gasteiger partial charge in [-0.05, 0) is 51.7 Å². The molecule has 32 heavy (non-hydrogen) atoms. The highest BCUT2D eigenvalue weighted by molar-refractivity contribution is 8.01. The van der Waals surface area contributed by atoms with E-state index in [2.05, 4.69) is 5.43 Å². The summed E-state index contributed by atoms with van der Waals surface area (Å²) in [5, 5.41) is 13.5. The van der Waals surface area contributed by atoms with Crippen molar-refractivity contribution in [2.75, 3.05) is 0 Å². The first-order chi connectivity index (χ1) is 15.4. The lowest BCUT2D eigenvalue weighted by molar-refractivity contribution is -0.132. The summed E-state index contributed by atoms with van der Waals surface area (Å²) in [6, 6.07) is 15.6. The summed E-state index contributed by atoms with van der Waals surface area (Å²) in [5.74, 6) is -1.79. The van der Waals surface area contributed by atoms with Gasteiger partial charge >= 0.3 is 5.97 Å². The van der Waals surface area contributed by atoms with E-state index in [0.717, 1.165) is 29.0 Å². The zero-order chi connectivity index (χ0) is 22.7. The molecule has 4 rings (SSSR count). The van der Waals surface area contributed by atoms with Crippen LogP contribution in [0.4, 0.5) is 0 Å². The number of hydrazine groups is 1. The Bertz CT molecular complexity index is 1180. The third-order valence-corrected chi connectivity index (χ3v) is 7.20. The quantitative estimate of drug-likeness (QED) is 0.377. The van der Waals surface area contributed by atoms with E-state index in [9.17, 15) is 14.4 Å². The molecule has 1 fully saturated rings. The summed E-state index contributed by atoms with van der Waals surface area (Å²) in [4.78, 5) is 37.4. The smallest absolute Gasteiger partial charge is 0.328 e. The van der Waals surface area contributed by atoms with E-state index in [1.54, 1.807) is 36.4 Å². The summed E-state index contributed by atoms with van der Waals surface area (Å²) < 4.78 is 0. The first kappa shape index (κ1) is 22.1. The van der Waals surface area contributed by atoms with E-state index in [1.807, 2.05) is 29.0 Å². The number of benzene rings is 2. The molecule has 2 aromatic carbocycles. The van der Waals surface area contributed by atoms with Gasteiger partial charge in [-0.3, -0.25) is 15.0 Å². The number of hydrogen-bond donors (Lipinski definition) is 2. The number of nitrogens with zero attached hydrogens (tertiary/aromatic N) is 1. The molecule has 2 amide bonds. The molecule has 2 atom stereocenters. The molecule has 0 aliphatic carbocycles. The summed E-state index contributed by atoms with van der Waals surface area (Å²) in [6.07, 6.45) is 2.55. The monoisotopic (exact) mass is 484 g/mol. The number of carboxylic acids is 1. The first-order valence-electron chi connectivity index (χ1n) is 9.52. The molecule has 1 aromatic heterocycles. The third-order valence-electron chi connectivity index (χ3n) is 4.80. The molecular formula is C23H17ClN2O4S2. The van der Waals surface area contributed by atoms with Gasteiger partial charge in [0.1, 0.15) is 6.04 Å². The number of amides is 2. The van der Waals surface area contributed by atoms with Crippen LogP contribution in [0.25, 0.3) is 6.08 Å². The van der Waals surface area contributed by atoms with Gasteiger partial charge in [-0.1, -0.05) is 48.0 Å². The van der Waals surface area contributed by atoms with Gasteiger partial charge in [0.15, 0.2) is 5.25 Å². The highest BCUT2D eigenvalue weighted by atomic mass is 35.5. The second-order valence-corrected chi connectivity index (χ2v) is 9.24. The number of hydrogen-bond acceptors (Lipinski definition) is 5. The van der Waals surface area contributed by atoms with Crippen LogP contribution in [0.3, 0.4) is 0 Å². The van der Waals surface area contributed by atoms with Crippen LogP contribution < -0.4 is 5.43 Å². The largest absolute Gasteiger partial charge is 0.478 e. The summed E-state index contributed by atoms with van der Waals surface area (Å²) in [6.45, 7) is 0. The van der Waals surface area contributed by atoms with E-state index in [4.69, 9.17) is 16.7 Å². The highest BCUT2D eigenvalue weighted by Gasteiger charge is 2.44. The molecule has 2 unspecified atom stereocenters. The number of carbonyl (C=O) groups excluding carboxylic acids is 2. The second-order valence-electron chi connectivity index (χ2n) is 6.91. The molecule has 0 bridgehead atoms. The average molecular weight is 485 g/mol. The third kappa shape index (κ3) is 4.72. The Morgan fingerprint density at radius 2 is 1.88 bits per heavy atom. The van der Waals surface area contributed by atoms with Crippen molar-refractivity contribution in [2.24, 2.45) is 0 Å². The minimum absolute atomic E-state index is 0.356. The fourth-order valence-corrected chi connectivity index (χ4v) is 5.23. The average Bonchev–Trinajstić information content (AvgIpc) is 3.39. The number of rotatable bonds is 7. The van der Waals surface area contributed by atoms with Gasteiger partial charge in [-0.2, -0.15) is 11.3 Å². The molecule has 3 aromatic rings. The van der Waals surface area contributed by atoms with Crippen LogP contribution in [0.5, 0.6) is 0 Å². The van der Waals surface area contributed by atoms with Crippen LogP contribution in [-0.2, 0) is 14.4 Å². The predicted molar refractivity (Wildman–Crippen MR) is 125 cm³/mol. The SMILES string of the molecule is O=C(O)/C=C/c1ccc(C(c2ccsc2)N2NC(=O)C(Sc3ccccc3Cl)C2=O)cc1.